The molecule has 0 saturated heterocycles. The second-order valence-corrected chi connectivity index (χ2v) is 7.28. The molecule has 142 valence electrons. The van der Waals surface area contributed by atoms with E-state index in [2.05, 4.69) is 20.8 Å². The number of nitrogens with one attached hydrogen (secondary N) is 2. The van der Waals surface area contributed by atoms with E-state index in [4.69, 9.17) is 35.4 Å². The van der Waals surface area contributed by atoms with E-state index in [0.717, 1.165) is 30.8 Å². The predicted octanol–water partition coefficient (Wildman–Crippen LogP) is 4.12. The van der Waals surface area contributed by atoms with Crippen LogP contribution in [0.5, 0.6) is 0 Å². The van der Waals surface area contributed by atoms with Crippen LogP contribution >= 0.6 is 35.4 Å². The molecule has 0 spiro atoms. The second kappa shape index (κ2) is 9.21. The van der Waals surface area contributed by atoms with Crippen LogP contribution in [0, 0.1) is 6.92 Å². The molecule has 9 heteroatoms. The molecule has 0 aliphatic carbocycles. The highest BCUT2D eigenvalue weighted by Crippen LogP contribution is 2.25. The van der Waals surface area contributed by atoms with Crippen molar-refractivity contribution in [3.8, 4) is 0 Å². The molecule has 2 N–H and O–H groups in total. The number of hydrogen-bond acceptors (Lipinski definition) is 3. The molecule has 3 aromatic rings. The maximum atomic E-state index is 6.21. The van der Waals surface area contributed by atoms with Gasteiger partial charge in [0.2, 0.25) is 0 Å². The molecule has 0 fully saturated rings. The van der Waals surface area contributed by atoms with Gasteiger partial charge in [0, 0.05) is 47.2 Å². The van der Waals surface area contributed by atoms with Crippen LogP contribution in [0.4, 0.5) is 5.82 Å². The number of aryl methyl sites for hydroxylation is 2. The summed E-state index contributed by atoms with van der Waals surface area (Å²) in [5, 5.41) is 16.8. The smallest absolute Gasteiger partial charge is 0.171 e. The van der Waals surface area contributed by atoms with E-state index in [1.165, 1.54) is 0 Å². The van der Waals surface area contributed by atoms with Crippen molar-refractivity contribution in [3.63, 3.8) is 0 Å². The molecule has 2 heterocycles. The maximum Gasteiger partial charge on any atom is 0.171 e. The van der Waals surface area contributed by atoms with Crippen molar-refractivity contribution in [2.24, 2.45) is 0 Å². The van der Waals surface area contributed by atoms with Crippen LogP contribution in [0.3, 0.4) is 0 Å². The lowest BCUT2D eigenvalue weighted by molar-refractivity contribution is 0.570. The first-order valence-electron chi connectivity index (χ1n) is 8.52. The van der Waals surface area contributed by atoms with Crippen LogP contribution in [0.25, 0.3) is 0 Å². The summed E-state index contributed by atoms with van der Waals surface area (Å²) >= 11 is 17.7. The third-order valence-corrected chi connectivity index (χ3v) is 4.84. The van der Waals surface area contributed by atoms with Crippen LogP contribution < -0.4 is 10.6 Å². The van der Waals surface area contributed by atoms with Crippen LogP contribution in [0.2, 0.25) is 10.0 Å². The van der Waals surface area contributed by atoms with Gasteiger partial charge in [0.15, 0.2) is 10.9 Å². The van der Waals surface area contributed by atoms with Gasteiger partial charge in [0.05, 0.1) is 12.2 Å². The van der Waals surface area contributed by atoms with Gasteiger partial charge in [-0.15, -0.1) is 0 Å². The second-order valence-electron chi connectivity index (χ2n) is 6.05. The summed E-state index contributed by atoms with van der Waals surface area (Å²) in [4.78, 5) is 0. The fraction of sp³-hybridized carbons (Fsp3) is 0.278. The molecule has 0 saturated carbocycles. The average Bonchev–Trinajstić information content (AvgIpc) is 3.24. The number of anilines is 1. The Morgan fingerprint density at radius 3 is 2.52 bits per heavy atom. The third-order valence-electron chi connectivity index (χ3n) is 3.89. The van der Waals surface area contributed by atoms with Crippen molar-refractivity contribution in [1.29, 1.82) is 0 Å². The van der Waals surface area contributed by atoms with Crippen LogP contribution in [0.1, 0.15) is 17.7 Å². The standard InChI is InChI=1S/C18H20Cl2N6S/c1-13-6-10-25(23-13)9-3-8-21-18(27)22-17-7-11-26(24-17)12-14-15(19)4-2-5-16(14)20/h2,4-7,10-11H,3,8-9,12H2,1H3,(H2,21,22,24,27). The Morgan fingerprint density at radius 1 is 1.07 bits per heavy atom. The molecule has 0 aliphatic heterocycles. The van der Waals surface area contributed by atoms with E-state index in [1.807, 2.05) is 54.3 Å². The van der Waals surface area contributed by atoms with E-state index >= 15 is 0 Å². The number of nitrogens with zero attached hydrogens (tertiary/aromatic N) is 4. The van der Waals surface area contributed by atoms with Crippen LogP contribution in [0.15, 0.2) is 42.7 Å². The summed E-state index contributed by atoms with van der Waals surface area (Å²) in [6, 6.07) is 9.29. The number of hydrogen-bond donors (Lipinski definition) is 2. The fourth-order valence-electron chi connectivity index (χ4n) is 2.55. The summed E-state index contributed by atoms with van der Waals surface area (Å²) < 4.78 is 3.69. The Hall–Kier alpha value is -2.09. The molecular formula is C18H20Cl2N6S. The normalized spacial score (nSPS) is 10.8. The Balaban J connectivity index is 1.45. The number of halogens is 2. The van der Waals surface area contributed by atoms with Gasteiger partial charge in [0.1, 0.15) is 0 Å². The van der Waals surface area contributed by atoms with Crippen molar-refractivity contribution >= 4 is 46.4 Å². The van der Waals surface area contributed by atoms with Gasteiger partial charge >= 0.3 is 0 Å². The topological polar surface area (TPSA) is 59.7 Å². The van der Waals surface area contributed by atoms with Gasteiger partial charge in [-0.2, -0.15) is 10.2 Å². The molecule has 27 heavy (non-hydrogen) atoms. The van der Waals surface area contributed by atoms with Crippen molar-refractivity contribution < 1.29 is 0 Å². The molecule has 2 aromatic heterocycles. The van der Waals surface area contributed by atoms with Gasteiger partial charge in [0.25, 0.3) is 0 Å². The summed E-state index contributed by atoms with van der Waals surface area (Å²) in [6.45, 7) is 4.06. The van der Waals surface area contributed by atoms with Gasteiger partial charge in [-0.25, -0.2) is 0 Å². The summed E-state index contributed by atoms with van der Waals surface area (Å²) in [7, 11) is 0. The van der Waals surface area contributed by atoms with Crippen molar-refractivity contribution in [3.05, 3.63) is 64.0 Å². The minimum Gasteiger partial charge on any atom is -0.362 e. The minimum absolute atomic E-state index is 0.490. The van der Waals surface area contributed by atoms with Gasteiger partial charge in [-0.3, -0.25) is 9.36 Å². The van der Waals surface area contributed by atoms with Crippen molar-refractivity contribution in [2.75, 3.05) is 11.9 Å². The monoisotopic (exact) mass is 422 g/mol. The maximum absolute atomic E-state index is 6.21. The Labute approximate surface area is 173 Å². The SMILES string of the molecule is Cc1ccn(CCCNC(=S)Nc2ccn(Cc3c(Cl)cccc3Cl)n2)n1. The highest BCUT2D eigenvalue weighted by molar-refractivity contribution is 7.80. The van der Waals surface area contributed by atoms with E-state index in [9.17, 15) is 0 Å². The number of benzene rings is 1. The zero-order chi connectivity index (χ0) is 19.2. The number of thiocarbonyl (C=S) groups is 1. The first-order chi connectivity index (χ1) is 13.0. The first kappa shape index (κ1) is 19.7. The quantitative estimate of drug-likeness (QED) is 0.442. The molecule has 3 rings (SSSR count). The van der Waals surface area contributed by atoms with Gasteiger partial charge in [-0.1, -0.05) is 29.3 Å². The van der Waals surface area contributed by atoms with Crippen molar-refractivity contribution in [1.82, 2.24) is 24.9 Å². The molecule has 0 bridgehead atoms. The average molecular weight is 423 g/mol. The lowest BCUT2D eigenvalue weighted by atomic mass is 10.2. The third kappa shape index (κ3) is 5.69. The largest absolute Gasteiger partial charge is 0.362 e. The summed E-state index contributed by atoms with van der Waals surface area (Å²) in [6.07, 6.45) is 4.75. The Kier molecular flexibility index (Phi) is 6.71. The van der Waals surface area contributed by atoms with E-state index in [0.29, 0.717) is 27.5 Å². The molecule has 0 atom stereocenters. The van der Waals surface area contributed by atoms with Gasteiger partial charge < -0.3 is 10.6 Å². The molecular weight excluding hydrogens is 403 g/mol. The Bertz CT molecular complexity index is 900. The summed E-state index contributed by atoms with van der Waals surface area (Å²) in [5.74, 6) is 0.665. The fourth-order valence-corrected chi connectivity index (χ4v) is 3.28. The van der Waals surface area contributed by atoms with E-state index in [-0.39, 0.29) is 0 Å². The molecule has 1 aromatic carbocycles. The zero-order valence-electron chi connectivity index (χ0n) is 14.8. The molecule has 6 nitrogen and oxygen atoms in total. The highest BCUT2D eigenvalue weighted by Gasteiger charge is 2.08. The highest BCUT2D eigenvalue weighted by atomic mass is 35.5. The predicted molar refractivity (Wildman–Crippen MR) is 114 cm³/mol. The molecule has 0 aliphatic rings. The van der Waals surface area contributed by atoms with E-state index < -0.39 is 0 Å². The van der Waals surface area contributed by atoms with Gasteiger partial charge in [-0.05, 0) is 43.8 Å². The Morgan fingerprint density at radius 2 is 1.81 bits per heavy atom. The lowest BCUT2D eigenvalue weighted by Gasteiger charge is -2.09. The first-order valence-corrected chi connectivity index (χ1v) is 9.69. The minimum atomic E-state index is 0.490. The zero-order valence-corrected chi connectivity index (χ0v) is 17.2. The molecule has 0 unspecified atom stereocenters. The van der Waals surface area contributed by atoms with Crippen LogP contribution in [-0.2, 0) is 13.1 Å². The van der Waals surface area contributed by atoms with E-state index in [1.54, 1.807) is 4.68 Å². The molecule has 0 radical (unpaired) electrons. The lowest BCUT2D eigenvalue weighted by Crippen LogP contribution is -2.30. The number of rotatable bonds is 7. The summed E-state index contributed by atoms with van der Waals surface area (Å²) in [5.41, 5.74) is 1.86. The van der Waals surface area contributed by atoms with Crippen LogP contribution in [-0.4, -0.2) is 31.2 Å². The number of aromatic nitrogens is 4. The van der Waals surface area contributed by atoms with Crippen molar-refractivity contribution in [2.45, 2.75) is 26.4 Å². The molecule has 0 amide bonds.